The van der Waals surface area contributed by atoms with E-state index in [1.165, 1.54) is 0 Å². The molecule has 0 spiro atoms. The van der Waals surface area contributed by atoms with Gasteiger partial charge in [-0.25, -0.2) is 17.2 Å². The van der Waals surface area contributed by atoms with Crippen LogP contribution in [0.3, 0.4) is 0 Å². The van der Waals surface area contributed by atoms with Gasteiger partial charge < -0.3 is 4.74 Å². The molecule has 0 radical (unpaired) electrons. The maximum absolute atomic E-state index is 12.5. The number of hydrogen-bond donors (Lipinski definition) is 0. The van der Waals surface area contributed by atoms with E-state index in [-0.39, 0.29) is 4.47 Å². The van der Waals surface area contributed by atoms with Crippen LogP contribution in [0.2, 0.25) is 0 Å². The van der Waals surface area contributed by atoms with Gasteiger partial charge in [-0.2, -0.15) is 0 Å². The highest BCUT2D eigenvalue weighted by Gasteiger charge is 2.27. The predicted octanol–water partition coefficient (Wildman–Crippen LogP) is 2.72. The van der Waals surface area contributed by atoms with Gasteiger partial charge in [-0.1, -0.05) is 0 Å². The Bertz CT molecular complexity index is 509. The van der Waals surface area contributed by atoms with Crippen molar-refractivity contribution in [2.24, 2.45) is 0 Å². The molecule has 0 atom stereocenters. The zero-order valence-corrected chi connectivity index (χ0v) is 10.9. The van der Waals surface area contributed by atoms with E-state index in [0.29, 0.717) is 0 Å². The first-order valence-corrected chi connectivity index (χ1v) is 6.84. The molecule has 0 saturated carbocycles. The Morgan fingerprint density at radius 1 is 1.56 bits per heavy atom. The summed E-state index contributed by atoms with van der Waals surface area (Å²) in [4.78, 5) is 2.82. The largest absolute Gasteiger partial charge is 0.493 e. The van der Waals surface area contributed by atoms with Crippen LogP contribution in [0.4, 0.5) is 8.78 Å². The third-order valence-corrected chi connectivity index (χ3v) is 3.85. The number of rotatable bonds is 3. The van der Waals surface area contributed by atoms with Crippen molar-refractivity contribution in [1.82, 2.24) is 4.98 Å². The highest BCUT2D eigenvalue weighted by atomic mass is 79.9. The molecule has 0 amide bonds. The van der Waals surface area contributed by atoms with E-state index >= 15 is 0 Å². The molecule has 1 heterocycles. The van der Waals surface area contributed by atoms with Crippen LogP contribution >= 0.6 is 26.6 Å². The number of pyridine rings is 1. The second-order valence-corrected chi connectivity index (χ2v) is 5.95. The third kappa shape index (κ3) is 2.61. The standard InChI is InChI=1S/C7H5BrClF2NO3S/c1-15-5-4(7(10)11)12-2-3(8)6(5)16(9,13)14/h2,7H,1H3. The van der Waals surface area contributed by atoms with Gasteiger partial charge in [0.1, 0.15) is 10.6 Å². The van der Waals surface area contributed by atoms with Crippen molar-refractivity contribution in [3.63, 3.8) is 0 Å². The van der Waals surface area contributed by atoms with Crippen LogP contribution in [0.5, 0.6) is 5.75 Å². The minimum Gasteiger partial charge on any atom is -0.493 e. The van der Waals surface area contributed by atoms with Crippen molar-refractivity contribution in [2.45, 2.75) is 11.3 Å². The van der Waals surface area contributed by atoms with Crippen molar-refractivity contribution >= 4 is 35.7 Å². The number of nitrogens with zero attached hydrogens (tertiary/aromatic N) is 1. The maximum Gasteiger partial charge on any atom is 0.284 e. The van der Waals surface area contributed by atoms with Crippen molar-refractivity contribution in [3.8, 4) is 5.75 Å². The summed E-state index contributed by atoms with van der Waals surface area (Å²) < 4.78 is 52.0. The lowest BCUT2D eigenvalue weighted by atomic mass is 10.3. The minimum atomic E-state index is -4.21. The van der Waals surface area contributed by atoms with E-state index in [1.54, 1.807) is 0 Å². The Morgan fingerprint density at radius 3 is 2.50 bits per heavy atom. The van der Waals surface area contributed by atoms with Gasteiger partial charge in [-0.3, -0.25) is 4.98 Å². The molecule has 1 aromatic heterocycles. The fourth-order valence-corrected chi connectivity index (χ4v) is 3.40. The average Bonchev–Trinajstić information content (AvgIpc) is 2.14. The summed E-state index contributed by atoms with van der Waals surface area (Å²) in [5, 5.41) is 0. The Balaban J connectivity index is 3.64. The van der Waals surface area contributed by atoms with E-state index < -0.39 is 31.8 Å². The Hall–Kier alpha value is -0.470. The molecule has 9 heteroatoms. The molecular formula is C7H5BrClF2NO3S. The monoisotopic (exact) mass is 335 g/mol. The van der Waals surface area contributed by atoms with Crippen LogP contribution in [-0.2, 0) is 9.05 Å². The summed E-state index contributed by atoms with van der Waals surface area (Å²) in [6, 6.07) is 0. The lowest BCUT2D eigenvalue weighted by molar-refractivity contribution is 0.140. The molecule has 0 aliphatic rings. The van der Waals surface area contributed by atoms with E-state index in [4.69, 9.17) is 10.7 Å². The summed E-state index contributed by atoms with van der Waals surface area (Å²) in [6.45, 7) is 0. The predicted molar refractivity (Wildman–Crippen MR) is 56.5 cm³/mol. The molecule has 0 unspecified atom stereocenters. The molecule has 90 valence electrons. The van der Waals surface area contributed by atoms with Gasteiger partial charge in [0.2, 0.25) is 0 Å². The Morgan fingerprint density at radius 2 is 2.12 bits per heavy atom. The van der Waals surface area contributed by atoms with Crippen molar-refractivity contribution in [2.75, 3.05) is 7.11 Å². The molecule has 1 aromatic rings. The van der Waals surface area contributed by atoms with Crippen LogP contribution in [0, 0.1) is 0 Å². The quantitative estimate of drug-likeness (QED) is 0.796. The second kappa shape index (κ2) is 4.80. The fraction of sp³-hybridized carbons (Fsp3) is 0.286. The van der Waals surface area contributed by atoms with Crippen molar-refractivity contribution in [1.29, 1.82) is 0 Å². The third-order valence-electron chi connectivity index (χ3n) is 1.63. The van der Waals surface area contributed by atoms with E-state index in [0.717, 1.165) is 13.3 Å². The van der Waals surface area contributed by atoms with Crippen LogP contribution in [0.15, 0.2) is 15.6 Å². The summed E-state index contributed by atoms with van der Waals surface area (Å²) in [5.41, 5.74) is -0.773. The number of methoxy groups -OCH3 is 1. The number of aromatic nitrogens is 1. The first-order chi connectivity index (χ1) is 7.29. The van der Waals surface area contributed by atoms with Gasteiger partial charge in [0.05, 0.1) is 11.6 Å². The van der Waals surface area contributed by atoms with Crippen LogP contribution in [0.1, 0.15) is 12.1 Å². The van der Waals surface area contributed by atoms with E-state index in [1.807, 2.05) is 0 Å². The zero-order chi connectivity index (χ0) is 12.5. The summed E-state index contributed by atoms with van der Waals surface area (Å²) in [7, 11) is 1.97. The normalized spacial score (nSPS) is 11.9. The molecular weight excluding hydrogens is 332 g/mol. The molecule has 1 rings (SSSR count). The lowest BCUT2D eigenvalue weighted by Gasteiger charge is -2.11. The zero-order valence-electron chi connectivity index (χ0n) is 7.75. The molecule has 0 aliphatic carbocycles. The highest BCUT2D eigenvalue weighted by molar-refractivity contribution is 9.10. The number of halogens is 4. The number of alkyl halides is 2. The first-order valence-electron chi connectivity index (χ1n) is 3.74. The molecule has 4 nitrogen and oxygen atoms in total. The van der Waals surface area contributed by atoms with Crippen molar-refractivity contribution in [3.05, 3.63) is 16.4 Å². The highest BCUT2D eigenvalue weighted by Crippen LogP contribution is 2.38. The van der Waals surface area contributed by atoms with E-state index in [2.05, 4.69) is 25.7 Å². The molecule has 0 saturated heterocycles. The second-order valence-electron chi connectivity index (χ2n) is 2.59. The lowest BCUT2D eigenvalue weighted by Crippen LogP contribution is -2.04. The van der Waals surface area contributed by atoms with E-state index in [9.17, 15) is 17.2 Å². The SMILES string of the molecule is COc1c(C(F)F)ncc(Br)c1S(=O)(=O)Cl. The van der Waals surface area contributed by atoms with Gasteiger partial charge >= 0.3 is 0 Å². The van der Waals surface area contributed by atoms with Crippen molar-refractivity contribution < 1.29 is 21.9 Å². The van der Waals surface area contributed by atoms with Crippen LogP contribution in [-0.4, -0.2) is 20.5 Å². The smallest absolute Gasteiger partial charge is 0.284 e. The topological polar surface area (TPSA) is 56.3 Å². The Kier molecular flexibility index (Phi) is 4.08. The summed E-state index contributed by atoms with van der Waals surface area (Å²) in [6.07, 6.45) is -2.03. The molecule has 0 aliphatic heterocycles. The molecule has 0 fully saturated rings. The van der Waals surface area contributed by atoms with Gasteiger partial charge in [0, 0.05) is 16.9 Å². The summed E-state index contributed by atoms with van der Waals surface area (Å²) >= 11 is 2.86. The van der Waals surface area contributed by atoms with Crippen LogP contribution < -0.4 is 4.74 Å². The molecule has 0 aromatic carbocycles. The van der Waals surface area contributed by atoms with Crippen LogP contribution in [0.25, 0.3) is 0 Å². The van der Waals surface area contributed by atoms with Gasteiger partial charge in [-0.05, 0) is 15.9 Å². The molecule has 0 N–H and O–H groups in total. The number of hydrogen-bond acceptors (Lipinski definition) is 4. The first kappa shape index (κ1) is 13.6. The Labute approximate surface area is 103 Å². The van der Waals surface area contributed by atoms with Gasteiger partial charge in [0.15, 0.2) is 5.75 Å². The molecule has 16 heavy (non-hydrogen) atoms. The average molecular weight is 337 g/mol. The van der Waals surface area contributed by atoms with Gasteiger partial charge in [0.25, 0.3) is 15.5 Å². The minimum absolute atomic E-state index is 0.0382. The number of ether oxygens (including phenoxy) is 1. The summed E-state index contributed by atoms with van der Waals surface area (Å²) in [5.74, 6) is -0.556. The maximum atomic E-state index is 12.5. The van der Waals surface area contributed by atoms with Gasteiger partial charge in [-0.15, -0.1) is 0 Å². The molecule has 0 bridgehead atoms. The fourth-order valence-electron chi connectivity index (χ4n) is 1.05.